The number of nitrogens with zero attached hydrogens (tertiary/aromatic N) is 1. The second-order valence-electron chi connectivity index (χ2n) is 3.56. The van der Waals surface area contributed by atoms with Gasteiger partial charge in [-0.15, -0.1) is 0 Å². The summed E-state index contributed by atoms with van der Waals surface area (Å²) in [5.74, 6) is 1.10. The van der Waals surface area contributed by atoms with Gasteiger partial charge in [-0.25, -0.2) is 4.98 Å². The van der Waals surface area contributed by atoms with E-state index in [2.05, 4.69) is 15.3 Å². The lowest BCUT2D eigenvalue weighted by atomic mass is 10.3. The summed E-state index contributed by atoms with van der Waals surface area (Å²) in [6, 6.07) is 6.83. The van der Waals surface area contributed by atoms with E-state index >= 15 is 0 Å². The number of hydrogen-bond donors (Lipinski definition) is 2. The number of carbonyl (C=O) groups excluding carboxylic acids is 1. The van der Waals surface area contributed by atoms with Crippen LogP contribution >= 0.6 is 11.6 Å². The summed E-state index contributed by atoms with van der Waals surface area (Å²) >= 11 is 5.74. The van der Waals surface area contributed by atoms with Gasteiger partial charge in [-0.3, -0.25) is 4.79 Å². The molecule has 0 unspecified atom stereocenters. The number of amides is 1. The average Bonchev–Trinajstić information content (AvgIpc) is 2.89. The van der Waals surface area contributed by atoms with Crippen molar-refractivity contribution in [2.45, 2.75) is 6.54 Å². The number of halogens is 1. The number of carbonyl (C=O) groups is 1. The van der Waals surface area contributed by atoms with Crippen molar-refractivity contribution in [2.24, 2.45) is 0 Å². The van der Waals surface area contributed by atoms with Gasteiger partial charge in [0.05, 0.1) is 6.54 Å². The van der Waals surface area contributed by atoms with Gasteiger partial charge in [-0.2, -0.15) is 0 Å². The van der Waals surface area contributed by atoms with Crippen molar-refractivity contribution in [1.29, 1.82) is 0 Å². The summed E-state index contributed by atoms with van der Waals surface area (Å²) in [5.41, 5.74) is 0. The Labute approximate surface area is 109 Å². The van der Waals surface area contributed by atoms with Gasteiger partial charge in [0.2, 0.25) is 0 Å². The van der Waals surface area contributed by atoms with Crippen LogP contribution in [0, 0.1) is 0 Å². The van der Waals surface area contributed by atoms with Crippen molar-refractivity contribution in [3.05, 3.63) is 47.5 Å². The Morgan fingerprint density at radius 2 is 2.17 bits per heavy atom. The molecule has 0 bridgehead atoms. The first-order valence-electron chi connectivity index (χ1n) is 5.37. The fourth-order valence-corrected chi connectivity index (χ4v) is 1.43. The molecule has 1 aromatic heterocycles. The lowest BCUT2D eigenvalue weighted by Gasteiger charge is -2.06. The van der Waals surface area contributed by atoms with Crippen LogP contribution in [0.2, 0.25) is 5.02 Å². The molecule has 2 aromatic rings. The molecule has 0 saturated carbocycles. The van der Waals surface area contributed by atoms with E-state index in [-0.39, 0.29) is 12.5 Å². The first-order valence-corrected chi connectivity index (χ1v) is 5.75. The zero-order chi connectivity index (χ0) is 12.8. The highest BCUT2D eigenvalue weighted by molar-refractivity contribution is 6.30. The summed E-state index contributed by atoms with van der Waals surface area (Å²) in [7, 11) is 0. The van der Waals surface area contributed by atoms with Crippen molar-refractivity contribution in [2.75, 3.05) is 6.61 Å². The molecule has 5 nitrogen and oxygen atoms in total. The number of rotatable bonds is 5. The number of aromatic amines is 1. The summed E-state index contributed by atoms with van der Waals surface area (Å²) in [6.45, 7) is 0.318. The molecular formula is C12H12ClN3O2. The van der Waals surface area contributed by atoms with Crippen LogP contribution in [0.1, 0.15) is 5.82 Å². The Morgan fingerprint density at radius 1 is 1.39 bits per heavy atom. The Bertz CT molecular complexity index is 497. The molecule has 0 fully saturated rings. The van der Waals surface area contributed by atoms with Crippen molar-refractivity contribution < 1.29 is 9.53 Å². The van der Waals surface area contributed by atoms with Crippen LogP contribution in [0.5, 0.6) is 5.75 Å². The van der Waals surface area contributed by atoms with E-state index in [1.165, 1.54) is 0 Å². The lowest BCUT2D eigenvalue weighted by molar-refractivity contribution is -0.123. The standard InChI is InChI=1S/C12H12ClN3O2/c13-9-1-3-10(4-2-9)18-8-12(17)16-7-11-14-5-6-15-11/h1-6H,7-8H2,(H,14,15)(H,16,17). The molecule has 0 aliphatic heterocycles. The normalized spacial score (nSPS) is 10.1. The fraction of sp³-hybridized carbons (Fsp3) is 0.167. The maximum absolute atomic E-state index is 11.5. The van der Waals surface area contributed by atoms with Crippen LogP contribution in [-0.2, 0) is 11.3 Å². The van der Waals surface area contributed by atoms with E-state index in [1.54, 1.807) is 36.7 Å². The molecule has 18 heavy (non-hydrogen) atoms. The van der Waals surface area contributed by atoms with Crippen molar-refractivity contribution in [3.8, 4) is 5.75 Å². The number of benzene rings is 1. The van der Waals surface area contributed by atoms with E-state index in [9.17, 15) is 4.79 Å². The summed E-state index contributed by atoms with van der Waals surface area (Å²) < 4.78 is 5.29. The lowest BCUT2D eigenvalue weighted by Crippen LogP contribution is -2.28. The van der Waals surface area contributed by atoms with E-state index in [0.29, 0.717) is 23.1 Å². The Kier molecular flexibility index (Phi) is 4.20. The first kappa shape index (κ1) is 12.4. The summed E-state index contributed by atoms with van der Waals surface area (Å²) in [6.07, 6.45) is 3.33. The molecule has 0 aliphatic rings. The van der Waals surface area contributed by atoms with Crippen molar-refractivity contribution >= 4 is 17.5 Å². The zero-order valence-corrected chi connectivity index (χ0v) is 10.3. The molecule has 2 rings (SSSR count). The average molecular weight is 266 g/mol. The van der Waals surface area contributed by atoms with Crippen LogP contribution in [0.25, 0.3) is 0 Å². The highest BCUT2D eigenvalue weighted by Crippen LogP contribution is 2.15. The maximum Gasteiger partial charge on any atom is 0.258 e. The molecule has 0 saturated heterocycles. The minimum Gasteiger partial charge on any atom is -0.484 e. The largest absolute Gasteiger partial charge is 0.484 e. The highest BCUT2D eigenvalue weighted by atomic mass is 35.5. The highest BCUT2D eigenvalue weighted by Gasteiger charge is 2.03. The van der Waals surface area contributed by atoms with E-state index in [1.807, 2.05) is 0 Å². The van der Waals surface area contributed by atoms with Gasteiger partial charge in [0.1, 0.15) is 11.6 Å². The molecule has 1 aromatic carbocycles. The summed E-state index contributed by atoms with van der Waals surface area (Å²) in [5, 5.41) is 3.31. The molecule has 94 valence electrons. The van der Waals surface area contributed by atoms with E-state index in [4.69, 9.17) is 16.3 Å². The molecule has 1 heterocycles. The van der Waals surface area contributed by atoms with Gasteiger partial charge in [0.25, 0.3) is 5.91 Å². The summed E-state index contributed by atoms with van der Waals surface area (Å²) in [4.78, 5) is 18.4. The third kappa shape index (κ3) is 3.78. The molecule has 0 spiro atoms. The van der Waals surface area contributed by atoms with Crippen LogP contribution in [0.15, 0.2) is 36.7 Å². The predicted molar refractivity (Wildman–Crippen MR) is 67.4 cm³/mol. The first-order chi connectivity index (χ1) is 8.74. The molecule has 1 amide bonds. The van der Waals surface area contributed by atoms with Crippen LogP contribution < -0.4 is 10.1 Å². The van der Waals surface area contributed by atoms with Gasteiger partial charge >= 0.3 is 0 Å². The number of ether oxygens (including phenoxy) is 1. The Balaban J connectivity index is 1.73. The molecule has 0 atom stereocenters. The van der Waals surface area contributed by atoms with Crippen molar-refractivity contribution in [1.82, 2.24) is 15.3 Å². The van der Waals surface area contributed by atoms with Gasteiger partial charge in [-0.05, 0) is 24.3 Å². The number of H-pyrrole nitrogens is 1. The Hall–Kier alpha value is -2.01. The van der Waals surface area contributed by atoms with Crippen molar-refractivity contribution in [3.63, 3.8) is 0 Å². The monoisotopic (exact) mass is 265 g/mol. The van der Waals surface area contributed by atoms with Gasteiger partial charge in [0.15, 0.2) is 6.61 Å². The second-order valence-corrected chi connectivity index (χ2v) is 3.99. The van der Waals surface area contributed by atoms with Crippen LogP contribution in [-0.4, -0.2) is 22.5 Å². The molecule has 0 aliphatic carbocycles. The fourth-order valence-electron chi connectivity index (χ4n) is 1.31. The van der Waals surface area contributed by atoms with Crippen LogP contribution in [0.4, 0.5) is 0 Å². The van der Waals surface area contributed by atoms with E-state index < -0.39 is 0 Å². The molecule has 0 radical (unpaired) electrons. The number of nitrogens with one attached hydrogen (secondary N) is 2. The smallest absolute Gasteiger partial charge is 0.258 e. The SMILES string of the molecule is O=C(COc1ccc(Cl)cc1)NCc1ncc[nH]1. The second kappa shape index (κ2) is 6.07. The minimum atomic E-state index is -0.207. The minimum absolute atomic E-state index is 0.0393. The van der Waals surface area contributed by atoms with Gasteiger partial charge in [0, 0.05) is 17.4 Å². The molecular weight excluding hydrogens is 254 g/mol. The van der Waals surface area contributed by atoms with Gasteiger partial charge in [-0.1, -0.05) is 11.6 Å². The third-order valence-corrected chi connectivity index (χ3v) is 2.44. The van der Waals surface area contributed by atoms with Crippen LogP contribution in [0.3, 0.4) is 0 Å². The topological polar surface area (TPSA) is 67.0 Å². The maximum atomic E-state index is 11.5. The molecule has 2 N–H and O–H groups in total. The zero-order valence-electron chi connectivity index (χ0n) is 9.52. The predicted octanol–water partition coefficient (Wildman–Crippen LogP) is 1.76. The Morgan fingerprint density at radius 3 is 2.83 bits per heavy atom. The number of hydrogen-bond acceptors (Lipinski definition) is 3. The third-order valence-electron chi connectivity index (χ3n) is 2.19. The van der Waals surface area contributed by atoms with Gasteiger partial charge < -0.3 is 15.0 Å². The number of imidazole rings is 1. The number of aromatic nitrogens is 2. The molecule has 6 heteroatoms. The quantitative estimate of drug-likeness (QED) is 0.866. The van der Waals surface area contributed by atoms with E-state index in [0.717, 1.165) is 0 Å².